The molecule has 0 saturated heterocycles. The zero-order valence-electron chi connectivity index (χ0n) is 12.4. The Bertz CT molecular complexity index is 847. The first kappa shape index (κ1) is 15.5. The predicted octanol–water partition coefficient (Wildman–Crippen LogP) is 5.63. The molecule has 0 amide bonds. The predicted molar refractivity (Wildman–Crippen MR) is 98.6 cm³/mol. The van der Waals surface area contributed by atoms with Gasteiger partial charge < -0.3 is 0 Å². The zero-order valence-corrected chi connectivity index (χ0v) is 14.0. The second kappa shape index (κ2) is 7.28. The zero-order chi connectivity index (χ0) is 16.1. The quantitative estimate of drug-likeness (QED) is 0.448. The highest BCUT2D eigenvalue weighted by atomic mass is 32.2. The number of nitriles is 1. The summed E-state index contributed by atoms with van der Waals surface area (Å²) in [6, 6.07) is 18.4. The van der Waals surface area contributed by atoms with Crippen LogP contribution < -0.4 is 0 Å². The van der Waals surface area contributed by atoms with Gasteiger partial charge in [0.15, 0.2) is 0 Å². The summed E-state index contributed by atoms with van der Waals surface area (Å²) >= 11 is 3.18. The van der Waals surface area contributed by atoms with Gasteiger partial charge in [0, 0.05) is 21.8 Å². The van der Waals surface area contributed by atoms with Gasteiger partial charge in [0.1, 0.15) is 11.1 Å². The Morgan fingerprint density at radius 1 is 1.22 bits per heavy atom. The molecule has 2 aromatic heterocycles. The van der Waals surface area contributed by atoms with Gasteiger partial charge in [-0.25, -0.2) is 4.98 Å². The summed E-state index contributed by atoms with van der Waals surface area (Å²) in [5.41, 5.74) is 3.52. The second-order valence-electron chi connectivity index (χ2n) is 4.79. The number of rotatable bonds is 5. The molecule has 2 nitrogen and oxygen atoms in total. The minimum absolute atomic E-state index is 0.638. The Morgan fingerprint density at radius 2 is 2.04 bits per heavy atom. The molecule has 0 atom stereocenters. The minimum atomic E-state index is 0.638. The van der Waals surface area contributed by atoms with Crippen molar-refractivity contribution < 1.29 is 0 Å². The van der Waals surface area contributed by atoms with Crippen molar-refractivity contribution in [3.8, 4) is 27.8 Å². The molecule has 23 heavy (non-hydrogen) atoms. The SMILES string of the molecule is C=CCSc1nc(-c2ccccc2)cc(-c2cccs2)c1C#N. The summed E-state index contributed by atoms with van der Waals surface area (Å²) in [6.07, 6.45) is 1.83. The molecular weight excluding hydrogens is 320 g/mol. The van der Waals surface area contributed by atoms with Gasteiger partial charge in [0.05, 0.1) is 11.3 Å². The van der Waals surface area contributed by atoms with E-state index in [4.69, 9.17) is 4.98 Å². The first-order valence-electron chi connectivity index (χ1n) is 7.11. The lowest BCUT2D eigenvalue weighted by Crippen LogP contribution is -1.95. The minimum Gasteiger partial charge on any atom is -0.240 e. The van der Waals surface area contributed by atoms with Crippen LogP contribution in [0.5, 0.6) is 0 Å². The van der Waals surface area contributed by atoms with Gasteiger partial charge in [-0.05, 0) is 17.5 Å². The third-order valence-corrected chi connectivity index (χ3v) is 5.17. The molecule has 3 aromatic rings. The van der Waals surface area contributed by atoms with Crippen LogP contribution in [-0.4, -0.2) is 10.7 Å². The summed E-state index contributed by atoms with van der Waals surface area (Å²) < 4.78 is 0. The van der Waals surface area contributed by atoms with Crippen LogP contribution in [-0.2, 0) is 0 Å². The van der Waals surface area contributed by atoms with Crippen LogP contribution in [0.2, 0.25) is 0 Å². The van der Waals surface area contributed by atoms with E-state index in [-0.39, 0.29) is 0 Å². The molecule has 0 fully saturated rings. The second-order valence-corrected chi connectivity index (χ2v) is 6.75. The van der Waals surface area contributed by atoms with E-state index < -0.39 is 0 Å². The molecule has 0 aliphatic rings. The van der Waals surface area contributed by atoms with Crippen LogP contribution in [0.15, 0.2) is 71.6 Å². The fourth-order valence-corrected chi connectivity index (χ4v) is 3.74. The summed E-state index contributed by atoms with van der Waals surface area (Å²) in [4.78, 5) is 5.80. The molecular formula is C19H14N2S2. The fourth-order valence-electron chi connectivity index (χ4n) is 2.25. The number of thioether (sulfide) groups is 1. The third kappa shape index (κ3) is 3.37. The van der Waals surface area contributed by atoms with E-state index >= 15 is 0 Å². The lowest BCUT2D eigenvalue weighted by Gasteiger charge is -2.10. The van der Waals surface area contributed by atoms with E-state index in [0.29, 0.717) is 5.56 Å². The molecule has 0 N–H and O–H groups in total. The van der Waals surface area contributed by atoms with E-state index in [2.05, 4.69) is 12.6 Å². The lowest BCUT2D eigenvalue weighted by atomic mass is 10.0. The van der Waals surface area contributed by atoms with Gasteiger partial charge in [0.2, 0.25) is 0 Å². The molecule has 3 rings (SSSR count). The van der Waals surface area contributed by atoms with Crippen LogP contribution in [0.4, 0.5) is 0 Å². The fraction of sp³-hybridized carbons (Fsp3) is 0.0526. The summed E-state index contributed by atoms with van der Waals surface area (Å²) in [7, 11) is 0. The molecule has 0 unspecified atom stereocenters. The van der Waals surface area contributed by atoms with Gasteiger partial charge in [-0.15, -0.1) is 29.7 Å². The summed E-state index contributed by atoms with van der Waals surface area (Å²) in [5.74, 6) is 0.726. The van der Waals surface area contributed by atoms with Gasteiger partial charge in [-0.1, -0.05) is 42.5 Å². The first-order valence-corrected chi connectivity index (χ1v) is 8.98. The molecule has 0 aliphatic carbocycles. The van der Waals surface area contributed by atoms with Crippen LogP contribution in [0.3, 0.4) is 0 Å². The maximum atomic E-state index is 9.63. The monoisotopic (exact) mass is 334 g/mol. The van der Waals surface area contributed by atoms with E-state index in [1.54, 1.807) is 23.1 Å². The van der Waals surface area contributed by atoms with Crippen LogP contribution in [0, 0.1) is 11.3 Å². The highest BCUT2D eigenvalue weighted by molar-refractivity contribution is 7.99. The van der Waals surface area contributed by atoms with Crippen molar-refractivity contribution in [1.82, 2.24) is 4.98 Å². The Labute approximate surface area is 144 Å². The van der Waals surface area contributed by atoms with Gasteiger partial charge in [-0.2, -0.15) is 5.26 Å². The molecule has 0 spiro atoms. The highest BCUT2D eigenvalue weighted by Gasteiger charge is 2.15. The summed E-state index contributed by atoms with van der Waals surface area (Å²) in [6.45, 7) is 3.75. The molecule has 0 bridgehead atoms. The highest BCUT2D eigenvalue weighted by Crippen LogP contribution is 2.35. The summed E-state index contributed by atoms with van der Waals surface area (Å²) in [5, 5.41) is 12.4. The van der Waals surface area contributed by atoms with Crippen LogP contribution in [0.25, 0.3) is 21.7 Å². The van der Waals surface area contributed by atoms with Crippen molar-refractivity contribution in [1.29, 1.82) is 5.26 Å². The van der Waals surface area contributed by atoms with E-state index in [9.17, 15) is 5.26 Å². The molecule has 4 heteroatoms. The number of thiophene rings is 1. The Kier molecular flexibility index (Phi) is 4.92. The van der Waals surface area contributed by atoms with Crippen molar-refractivity contribution in [2.24, 2.45) is 0 Å². The van der Waals surface area contributed by atoms with Crippen molar-refractivity contribution >= 4 is 23.1 Å². The van der Waals surface area contributed by atoms with Gasteiger partial charge >= 0.3 is 0 Å². The number of pyridine rings is 1. The number of hydrogen-bond acceptors (Lipinski definition) is 4. The Morgan fingerprint density at radius 3 is 2.70 bits per heavy atom. The molecule has 0 aliphatic heterocycles. The number of nitrogens with zero attached hydrogens (tertiary/aromatic N) is 2. The van der Waals surface area contributed by atoms with Crippen LogP contribution >= 0.6 is 23.1 Å². The maximum absolute atomic E-state index is 9.63. The normalized spacial score (nSPS) is 10.2. The molecule has 112 valence electrons. The molecule has 0 saturated carbocycles. The Balaban J connectivity index is 2.21. The standard InChI is InChI=1S/C19H14N2S2/c1-2-10-23-19-16(13-20)15(18-9-6-11-22-18)12-17(21-19)14-7-4-3-5-8-14/h2-9,11-12H,1,10H2. The first-order chi connectivity index (χ1) is 11.3. The van der Waals surface area contributed by atoms with Crippen molar-refractivity contribution in [2.45, 2.75) is 5.03 Å². The maximum Gasteiger partial charge on any atom is 0.115 e. The molecule has 0 radical (unpaired) electrons. The number of hydrogen-bond donors (Lipinski definition) is 0. The third-order valence-electron chi connectivity index (χ3n) is 3.29. The largest absolute Gasteiger partial charge is 0.240 e. The van der Waals surface area contributed by atoms with E-state index in [0.717, 1.165) is 32.5 Å². The smallest absolute Gasteiger partial charge is 0.115 e. The van der Waals surface area contributed by atoms with Crippen molar-refractivity contribution in [2.75, 3.05) is 5.75 Å². The number of aromatic nitrogens is 1. The number of benzene rings is 1. The van der Waals surface area contributed by atoms with Gasteiger partial charge in [0.25, 0.3) is 0 Å². The van der Waals surface area contributed by atoms with E-state index in [1.165, 1.54) is 0 Å². The van der Waals surface area contributed by atoms with Gasteiger partial charge in [-0.3, -0.25) is 0 Å². The topological polar surface area (TPSA) is 36.7 Å². The van der Waals surface area contributed by atoms with Crippen molar-refractivity contribution in [3.05, 3.63) is 72.1 Å². The molecule has 1 aromatic carbocycles. The average Bonchev–Trinajstić information content (AvgIpc) is 3.14. The lowest BCUT2D eigenvalue weighted by molar-refractivity contribution is 1.12. The Hall–Kier alpha value is -2.35. The van der Waals surface area contributed by atoms with Crippen LogP contribution in [0.1, 0.15) is 5.56 Å². The molecule has 2 heterocycles. The van der Waals surface area contributed by atoms with E-state index in [1.807, 2.05) is 60.0 Å². The average molecular weight is 334 g/mol. The van der Waals surface area contributed by atoms with Crippen molar-refractivity contribution in [3.63, 3.8) is 0 Å².